The van der Waals surface area contributed by atoms with Crippen molar-refractivity contribution in [2.75, 3.05) is 0 Å². The van der Waals surface area contributed by atoms with E-state index in [0.29, 0.717) is 5.95 Å². The van der Waals surface area contributed by atoms with Crippen LogP contribution < -0.4 is 4.74 Å². The standard InChI is InChI=1S/C37H27N3O/c1-37(2)27-17-9-6-14-23(27)31-26-20-21-30-32(34(26)41-35(31)37)25-16-8-11-19-29(25)40(30)36-38-28-18-10-7-15-24(28)33(39-36)22-12-4-3-5-13-22/h3-21,31,35H,1-2H3. The molecule has 2 unspecified atom stereocenters. The SMILES string of the molecule is CC1(C)c2ccccc2C2c3ccc4c(c3OC21)c1ccccc1n4-c1nc(-c2ccccc2)c2ccccc2n1. The molecular formula is C37H27N3O. The van der Waals surface area contributed by atoms with Crippen molar-refractivity contribution >= 4 is 32.7 Å². The number of para-hydroxylation sites is 2. The third-order valence-electron chi connectivity index (χ3n) is 9.24. The number of ether oxygens (including phenoxy) is 1. The zero-order valence-corrected chi connectivity index (χ0v) is 22.9. The lowest BCUT2D eigenvalue weighted by Gasteiger charge is -2.27. The summed E-state index contributed by atoms with van der Waals surface area (Å²) in [6, 6.07) is 40.6. The van der Waals surface area contributed by atoms with E-state index >= 15 is 0 Å². The Morgan fingerprint density at radius 1 is 0.659 bits per heavy atom. The van der Waals surface area contributed by atoms with E-state index in [0.717, 1.165) is 49.7 Å². The average molecular weight is 530 g/mol. The van der Waals surface area contributed by atoms with Crippen LogP contribution in [0.2, 0.25) is 0 Å². The lowest BCUT2D eigenvalue weighted by atomic mass is 9.83. The van der Waals surface area contributed by atoms with Gasteiger partial charge in [-0.1, -0.05) is 111 Å². The fraction of sp³-hybridized carbons (Fsp3) is 0.135. The van der Waals surface area contributed by atoms with Crippen LogP contribution in [0.1, 0.15) is 36.5 Å². The predicted molar refractivity (Wildman–Crippen MR) is 165 cm³/mol. The molecule has 4 nitrogen and oxygen atoms in total. The minimum absolute atomic E-state index is 0.0595. The predicted octanol–water partition coefficient (Wildman–Crippen LogP) is 8.58. The van der Waals surface area contributed by atoms with E-state index in [2.05, 4.69) is 122 Å². The molecule has 3 heterocycles. The number of nitrogens with zero attached hydrogens (tertiary/aromatic N) is 3. The molecule has 0 N–H and O–H groups in total. The quantitative estimate of drug-likeness (QED) is 0.225. The van der Waals surface area contributed by atoms with E-state index in [1.807, 2.05) is 12.1 Å². The number of hydrogen-bond donors (Lipinski definition) is 0. The first-order valence-electron chi connectivity index (χ1n) is 14.3. The first-order chi connectivity index (χ1) is 20.1. The van der Waals surface area contributed by atoms with Gasteiger partial charge in [0, 0.05) is 27.3 Å². The molecule has 41 heavy (non-hydrogen) atoms. The van der Waals surface area contributed by atoms with Gasteiger partial charge in [0.2, 0.25) is 5.95 Å². The van der Waals surface area contributed by atoms with Crippen molar-refractivity contribution in [3.8, 4) is 23.0 Å². The van der Waals surface area contributed by atoms with Crippen LogP contribution in [0.4, 0.5) is 0 Å². The van der Waals surface area contributed by atoms with Crippen LogP contribution in [-0.2, 0) is 5.41 Å². The summed E-state index contributed by atoms with van der Waals surface area (Å²) < 4.78 is 9.22. The molecule has 0 saturated heterocycles. The van der Waals surface area contributed by atoms with E-state index in [1.54, 1.807) is 0 Å². The summed E-state index contributed by atoms with van der Waals surface area (Å²) in [7, 11) is 0. The van der Waals surface area contributed by atoms with E-state index in [4.69, 9.17) is 14.7 Å². The van der Waals surface area contributed by atoms with Gasteiger partial charge in [-0.15, -0.1) is 0 Å². The Morgan fingerprint density at radius 3 is 2.27 bits per heavy atom. The maximum Gasteiger partial charge on any atom is 0.235 e. The molecule has 2 atom stereocenters. The van der Waals surface area contributed by atoms with Gasteiger partial charge in [0.15, 0.2) is 0 Å². The van der Waals surface area contributed by atoms with Gasteiger partial charge in [-0.25, -0.2) is 9.97 Å². The Labute approximate surface area is 237 Å². The van der Waals surface area contributed by atoms with Gasteiger partial charge in [-0.2, -0.15) is 0 Å². The van der Waals surface area contributed by atoms with Crippen LogP contribution in [0.5, 0.6) is 5.75 Å². The Hall–Kier alpha value is -4.96. The minimum Gasteiger partial charge on any atom is -0.487 e. The fourth-order valence-electron chi connectivity index (χ4n) is 7.37. The molecule has 0 amide bonds. The van der Waals surface area contributed by atoms with Crippen molar-refractivity contribution in [1.82, 2.24) is 14.5 Å². The van der Waals surface area contributed by atoms with Gasteiger partial charge in [0.1, 0.15) is 11.9 Å². The molecule has 0 saturated carbocycles. The number of rotatable bonds is 2. The third kappa shape index (κ3) is 2.99. The summed E-state index contributed by atoms with van der Waals surface area (Å²) in [4.78, 5) is 10.3. The van der Waals surface area contributed by atoms with Gasteiger partial charge in [0.25, 0.3) is 0 Å². The largest absolute Gasteiger partial charge is 0.487 e. The second-order valence-corrected chi connectivity index (χ2v) is 11.8. The number of benzene rings is 5. The highest BCUT2D eigenvalue weighted by Crippen LogP contribution is 2.58. The average Bonchev–Trinajstić information content (AvgIpc) is 3.64. The van der Waals surface area contributed by atoms with E-state index in [-0.39, 0.29) is 17.4 Å². The zero-order valence-electron chi connectivity index (χ0n) is 22.9. The van der Waals surface area contributed by atoms with Gasteiger partial charge >= 0.3 is 0 Å². The second-order valence-electron chi connectivity index (χ2n) is 11.8. The molecule has 196 valence electrons. The van der Waals surface area contributed by atoms with Crippen molar-refractivity contribution in [3.63, 3.8) is 0 Å². The molecule has 1 aliphatic carbocycles. The lowest BCUT2D eigenvalue weighted by Crippen LogP contribution is -2.33. The van der Waals surface area contributed by atoms with Crippen LogP contribution in [-0.4, -0.2) is 20.6 Å². The summed E-state index contributed by atoms with van der Waals surface area (Å²) in [5.41, 5.74) is 9.03. The smallest absolute Gasteiger partial charge is 0.235 e. The summed E-state index contributed by atoms with van der Waals surface area (Å²) >= 11 is 0. The van der Waals surface area contributed by atoms with Crippen molar-refractivity contribution in [2.45, 2.75) is 31.3 Å². The molecule has 7 aromatic rings. The molecule has 9 rings (SSSR count). The molecule has 0 radical (unpaired) electrons. The first-order valence-corrected chi connectivity index (χ1v) is 14.3. The monoisotopic (exact) mass is 529 g/mol. The Kier molecular flexibility index (Phi) is 4.48. The molecular weight excluding hydrogens is 502 g/mol. The first kappa shape index (κ1) is 22.8. The van der Waals surface area contributed by atoms with Crippen LogP contribution >= 0.6 is 0 Å². The summed E-state index contributed by atoms with van der Waals surface area (Å²) in [6.45, 7) is 4.63. The van der Waals surface area contributed by atoms with Crippen molar-refractivity contribution in [1.29, 1.82) is 0 Å². The molecule has 2 aromatic heterocycles. The van der Waals surface area contributed by atoms with Crippen LogP contribution in [0.25, 0.3) is 49.9 Å². The number of hydrogen-bond acceptors (Lipinski definition) is 3. The number of aromatic nitrogens is 3. The Balaban J connectivity index is 1.34. The molecule has 5 aromatic carbocycles. The van der Waals surface area contributed by atoms with Gasteiger partial charge in [-0.05, 0) is 29.3 Å². The van der Waals surface area contributed by atoms with Crippen molar-refractivity contribution in [3.05, 3.63) is 132 Å². The summed E-state index contributed by atoms with van der Waals surface area (Å²) in [5.74, 6) is 1.89. The Morgan fingerprint density at radius 2 is 1.39 bits per heavy atom. The van der Waals surface area contributed by atoms with E-state index in [9.17, 15) is 0 Å². The molecule has 0 bridgehead atoms. The second kappa shape index (κ2) is 8.05. The molecule has 2 aliphatic rings. The fourth-order valence-corrected chi connectivity index (χ4v) is 7.37. The summed E-state index contributed by atoms with van der Waals surface area (Å²) in [6.07, 6.45) is 0.0595. The number of fused-ring (bicyclic) bond motifs is 10. The van der Waals surface area contributed by atoms with Crippen molar-refractivity contribution < 1.29 is 4.74 Å². The molecule has 0 spiro atoms. The third-order valence-corrected chi connectivity index (χ3v) is 9.24. The molecule has 0 fully saturated rings. The molecule has 4 heteroatoms. The van der Waals surface area contributed by atoms with Gasteiger partial charge in [0.05, 0.1) is 33.5 Å². The minimum atomic E-state index is -0.0863. The van der Waals surface area contributed by atoms with Crippen molar-refractivity contribution in [2.24, 2.45) is 0 Å². The van der Waals surface area contributed by atoms with Crippen LogP contribution in [0, 0.1) is 0 Å². The lowest BCUT2D eigenvalue weighted by molar-refractivity contribution is 0.154. The maximum absolute atomic E-state index is 7.01. The highest BCUT2D eigenvalue weighted by molar-refractivity contribution is 6.13. The summed E-state index contributed by atoms with van der Waals surface area (Å²) in [5, 5.41) is 3.34. The van der Waals surface area contributed by atoms with Crippen LogP contribution in [0.15, 0.2) is 115 Å². The van der Waals surface area contributed by atoms with Crippen LogP contribution in [0.3, 0.4) is 0 Å². The zero-order chi connectivity index (χ0) is 27.3. The Bertz CT molecular complexity index is 2180. The highest BCUT2D eigenvalue weighted by atomic mass is 16.5. The van der Waals surface area contributed by atoms with Gasteiger partial charge in [-0.3, -0.25) is 4.57 Å². The maximum atomic E-state index is 7.01. The normalized spacial score (nSPS) is 18.4. The van der Waals surface area contributed by atoms with E-state index < -0.39 is 0 Å². The van der Waals surface area contributed by atoms with E-state index in [1.165, 1.54) is 16.7 Å². The highest BCUT2D eigenvalue weighted by Gasteiger charge is 2.53. The van der Waals surface area contributed by atoms with Gasteiger partial charge < -0.3 is 4.74 Å². The topological polar surface area (TPSA) is 39.9 Å². The molecule has 1 aliphatic heterocycles.